The highest BCUT2D eigenvalue weighted by atomic mass is 79.9. The van der Waals surface area contributed by atoms with Crippen molar-refractivity contribution in [3.8, 4) is 10.4 Å². The number of alkyl halides is 1. The van der Waals surface area contributed by atoms with Crippen LogP contribution in [0.5, 0.6) is 0 Å². The predicted octanol–water partition coefficient (Wildman–Crippen LogP) is 4.50. The Balaban J connectivity index is 2.48. The van der Waals surface area contributed by atoms with E-state index in [1.165, 1.54) is 23.5 Å². The molecule has 1 nitrogen and oxygen atoms in total. The molecule has 1 heterocycles. The normalized spacial score (nSPS) is 10.6. The molecule has 0 aliphatic carbocycles. The van der Waals surface area contributed by atoms with E-state index in [-0.39, 0.29) is 5.82 Å². The molecule has 0 aliphatic rings. The predicted molar refractivity (Wildman–Crippen MR) is 65.1 cm³/mol. The molecule has 0 radical (unpaired) electrons. The lowest BCUT2D eigenvalue weighted by atomic mass is 10.1. The molecule has 2 aromatic rings. The first-order valence-corrected chi connectivity index (χ1v) is 6.49. The topological polar surface area (TPSA) is 12.9 Å². The third kappa shape index (κ3) is 2.38. The van der Waals surface area contributed by atoms with Crippen molar-refractivity contribution in [3.05, 3.63) is 40.2 Å². The van der Waals surface area contributed by atoms with Gasteiger partial charge in [-0.15, -0.1) is 11.3 Å². The Kier molecular flexibility index (Phi) is 3.38. The maximum Gasteiger partial charge on any atom is 0.184 e. The van der Waals surface area contributed by atoms with Crippen LogP contribution in [0.1, 0.15) is 5.69 Å². The molecular weight excluding hydrogens is 301 g/mol. The number of thiazole rings is 1. The highest BCUT2D eigenvalue weighted by Gasteiger charge is 2.10. The average Bonchev–Trinajstić information content (AvgIpc) is 2.61. The maximum atomic E-state index is 12.7. The minimum Gasteiger partial charge on any atom is -0.228 e. The van der Waals surface area contributed by atoms with Crippen molar-refractivity contribution in [2.24, 2.45) is 0 Å². The second-order valence-electron chi connectivity index (χ2n) is 2.88. The monoisotopic (exact) mass is 305 g/mol. The second-order valence-corrected chi connectivity index (χ2v) is 5.03. The molecule has 0 atom stereocenters. The van der Waals surface area contributed by atoms with E-state index in [2.05, 4.69) is 20.9 Å². The molecule has 0 saturated heterocycles. The third-order valence-corrected chi connectivity index (χ3v) is 3.69. The molecule has 5 heteroatoms. The number of nitrogens with zero attached hydrogens (tertiary/aromatic N) is 1. The van der Waals surface area contributed by atoms with Crippen LogP contribution in [0.25, 0.3) is 10.4 Å². The molecule has 0 saturated carbocycles. The van der Waals surface area contributed by atoms with Crippen molar-refractivity contribution in [3.63, 3.8) is 0 Å². The van der Waals surface area contributed by atoms with Gasteiger partial charge in [-0.3, -0.25) is 0 Å². The van der Waals surface area contributed by atoms with E-state index in [1.54, 1.807) is 12.1 Å². The molecule has 1 aromatic carbocycles. The summed E-state index contributed by atoms with van der Waals surface area (Å²) in [4.78, 5) is 5.15. The van der Waals surface area contributed by atoms with E-state index in [4.69, 9.17) is 11.6 Å². The Morgan fingerprint density at radius 2 is 2.00 bits per heavy atom. The summed E-state index contributed by atoms with van der Waals surface area (Å²) in [5, 5.41) is 0.642. The van der Waals surface area contributed by atoms with Gasteiger partial charge in [0.1, 0.15) is 5.82 Å². The first kappa shape index (κ1) is 11.0. The van der Waals surface area contributed by atoms with Crippen molar-refractivity contribution in [1.82, 2.24) is 4.98 Å². The van der Waals surface area contributed by atoms with Gasteiger partial charge in [-0.25, -0.2) is 9.37 Å². The summed E-state index contributed by atoms with van der Waals surface area (Å²) in [6, 6.07) is 6.32. The zero-order valence-electron chi connectivity index (χ0n) is 7.51. The van der Waals surface area contributed by atoms with Crippen LogP contribution in [-0.4, -0.2) is 4.98 Å². The molecule has 15 heavy (non-hydrogen) atoms. The summed E-state index contributed by atoms with van der Waals surface area (Å²) in [6.07, 6.45) is 0. The number of aromatic nitrogens is 1. The van der Waals surface area contributed by atoms with Crippen molar-refractivity contribution < 1.29 is 4.39 Å². The Morgan fingerprint density at radius 3 is 2.60 bits per heavy atom. The van der Waals surface area contributed by atoms with Gasteiger partial charge in [0, 0.05) is 5.33 Å². The van der Waals surface area contributed by atoms with Gasteiger partial charge in [0.05, 0.1) is 10.6 Å². The van der Waals surface area contributed by atoms with E-state index in [1.807, 2.05) is 0 Å². The van der Waals surface area contributed by atoms with Crippen LogP contribution in [0.4, 0.5) is 4.39 Å². The van der Waals surface area contributed by atoms with Crippen LogP contribution >= 0.6 is 38.9 Å². The third-order valence-electron chi connectivity index (χ3n) is 1.90. The van der Waals surface area contributed by atoms with E-state index < -0.39 is 0 Å². The van der Waals surface area contributed by atoms with Crippen LogP contribution in [0.2, 0.25) is 4.47 Å². The smallest absolute Gasteiger partial charge is 0.184 e. The molecule has 0 spiro atoms. The summed E-state index contributed by atoms with van der Waals surface area (Å²) in [6.45, 7) is 0. The number of benzene rings is 1. The number of halogens is 3. The molecule has 0 aliphatic heterocycles. The Bertz CT molecular complexity index is 469. The minimum absolute atomic E-state index is 0.241. The summed E-state index contributed by atoms with van der Waals surface area (Å²) < 4.78 is 13.2. The lowest BCUT2D eigenvalue weighted by Gasteiger charge is -1.98. The molecule has 0 bridgehead atoms. The average molecular weight is 307 g/mol. The second kappa shape index (κ2) is 4.60. The minimum atomic E-state index is -0.241. The SMILES string of the molecule is Fc1ccc(-c2sc(Cl)nc2CBr)cc1. The lowest BCUT2D eigenvalue weighted by Crippen LogP contribution is -1.82. The zero-order chi connectivity index (χ0) is 10.8. The summed E-state index contributed by atoms with van der Waals surface area (Å²) in [7, 11) is 0. The molecular formula is C10H6BrClFNS. The van der Waals surface area contributed by atoms with Crippen molar-refractivity contribution in [1.29, 1.82) is 0 Å². The fourth-order valence-corrected chi connectivity index (χ4v) is 2.98. The lowest BCUT2D eigenvalue weighted by molar-refractivity contribution is 0.628. The summed E-state index contributed by atoms with van der Waals surface area (Å²) in [5.41, 5.74) is 1.83. The number of hydrogen-bond acceptors (Lipinski definition) is 2. The van der Waals surface area contributed by atoms with Gasteiger partial charge in [0.25, 0.3) is 0 Å². The van der Waals surface area contributed by atoms with Gasteiger partial charge in [-0.05, 0) is 17.7 Å². The highest BCUT2D eigenvalue weighted by Crippen LogP contribution is 2.33. The molecule has 2 rings (SSSR count). The first-order chi connectivity index (χ1) is 7.20. The van der Waals surface area contributed by atoms with Crippen molar-refractivity contribution in [2.75, 3.05) is 0 Å². The van der Waals surface area contributed by atoms with Crippen LogP contribution in [0, 0.1) is 5.82 Å². The zero-order valence-corrected chi connectivity index (χ0v) is 10.7. The molecule has 0 N–H and O–H groups in total. The Morgan fingerprint density at radius 1 is 1.33 bits per heavy atom. The van der Waals surface area contributed by atoms with E-state index in [9.17, 15) is 4.39 Å². The molecule has 78 valence electrons. The number of hydrogen-bond donors (Lipinski definition) is 0. The number of rotatable bonds is 2. The van der Waals surface area contributed by atoms with Gasteiger partial charge < -0.3 is 0 Å². The van der Waals surface area contributed by atoms with Crippen molar-refractivity contribution in [2.45, 2.75) is 5.33 Å². The maximum absolute atomic E-state index is 12.7. The highest BCUT2D eigenvalue weighted by molar-refractivity contribution is 9.08. The summed E-state index contributed by atoms with van der Waals surface area (Å²) >= 11 is 10.6. The van der Waals surface area contributed by atoms with E-state index >= 15 is 0 Å². The standard InChI is InChI=1S/C10H6BrClFNS/c11-5-8-9(15-10(12)14-8)6-1-3-7(13)4-2-6/h1-4H,5H2. The Labute approximate surface area is 104 Å². The quantitative estimate of drug-likeness (QED) is 0.745. The van der Waals surface area contributed by atoms with Crippen LogP contribution in [0.3, 0.4) is 0 Å². The van der Waals surface area contributed by atoms with Gasteiger partial charge in [0.2, 0.25) is 0 Å². The fraction of sp³-hybridized carbons (Fsp3) is 0.100. The van der Waals surface area contributed by atoms with E-state index in [0.717, 1.165) is 16.1 Å². The molecule has 0 fully saturated rings. The van der Waals surface area contributed by atoms with Crippen LogP contribution in [0.15, 0.2) is 24.3 Å². The van der Waals surface area contributed by atoms with Crippen molar-refractivity contribution >= 4 is 38.9 Å². The van der Waals surface area contributed by atoms with Gasteiger partial charge in [-0.1, -0.05) is 39.7 Å². The van der Waals surface area contributed by atoms with Gasteiger partial charge >= 0.3 is 0 Å². The van der Waals surface area contributed by atoms with E-state index in [0.29, 0.717) is 9.80 Å². The first-order valence-electron chi connectivity index (χ1n) is 4.18. The van der Waals surface area contributed by atoms with Gasteiger partial charge in [-0.2, -0.15) is 0 Å². The van der Waals surface area contributed by atoms with Crippen LogP contribution in [-0.2, 0) is 5.33 Å². The summed E-state index contributed by atoms with van der Waals surface area (Å²) in [5.74, 6) is -0.241. The Hall–Kier alpha value is -0.450. The largest absolute Gasteiger partial charge is 0.228 e. The molecule has 0 amide bonds. The molecule has 1 aromatic heterocycles. The van der Waals surface area contributed by atoms with Gasteiger partial charge in [0.15, 0.2) is 4.47 Å². The van der Waals surface area contributed by atoms with Crippen LogP contribution < -0.4 is 0 Å². The fourth-order valence-electron chi connectivity index (χ4n) is 1.24. The molecule has 0 unspecified atom stereocenters.